The van der Waals surface area contributed by atoms with Crippen molar-refractivity contribution in [2.75, 3.05) is 7.11 Å². The van der Waals surface area contributed by atoms with Crippen molar-refractivity contribution in [2.24, 2.45) is 0 Å². The Morgan fingerprint density at radius 3 is 2.62 bits per heavy atom. The van der Waals surface area contributed by atoms with Gasteiger partial charge in [0.1, 0.15) is 16.6 Å². The van der Waals surface area contributed by atoms with Crippen LogP contribution in [0.3, 0.4) is 0 Å². The fourth-order valence-electron chi connectivity index (χ4n) is 2.71. The van der Waals surface area contributed by atoms with E-state index < -0.39 is 0 Å². The molecule has 0 aliphatic rings. The second kappa shape index (κ2) is 6.93. The molecular formula is C20H15N3O2S. The number of benzene rings is 2. The molecule has 2 aromatic carbocycles. The number of rotatable bonds is 4. The summed E-state index contributed by atoms with van der Waals surface area (Å²) in [5.74, 6) is 1.28. The zero-order chi connectivity index (χ0) is 17.9. The summed E-state index contributed by atoms with van der Waals surface area (Å²) >= 11 is 1.53. The Balaban J connectivity index is 1.94. The van der Waals surface area contributed by atoms with Gasteiger partial charge in [-0.3, -0.25) is 9.36 Å². The second-order valence-corrected chi connectivity index (χ2v) is 6.46. The zero-order valence-corrected chi connectivity index (χ0v) is 14.8. The molecule has 6 heteroatoms. The number of hydrogen-bond donors (Lipinski definition) is 0. The highest BCUT2D eigenvalue weighted by Gasteiger charge is 2.11. The third kappa shape index (κ3) is 3.02. The van der Waals surface area contributed by atoms with E-state index >= 15 is 0 Å². The maximum atomic E-state index is 13.1. The van der Waals surface area contributed by atoms with Gasteiger partial charge in [0.25, 0.3) is 5.56 Å². The summed E-state index contributed by atoms with van der Waals surface area (Å²) in [5.41, 5.74) is 1.29. The van der Waals surface area contributed by atoms with Crippen LogP contribution in [0.15, 0.2) is 64.9 Å². The molecule has 2 heterocycles. The van der Waals surface area contributed by atoms with Crippen molar-refractivity contribution in [3.8, 4) is 11.4 Å². The Labute approximate surface area is 153 Å². The van der Waals surface area contributed by atoms with Crippen LogP contribution in [0.1, 0.15) is 10.8 Å². The molecule has 0 unspecified atom stereocenters. The minimum atomic E-state index is -0.112. The van der Waals surface area contributed by atoms with Crippen molar-refractivity contribution in [3.63, 3.8) is 0 Å². The van der Waals surface area contributed by atoms with Gasteiger partial charge in [-0.1, -0.05) is 12.1 Å². The van der Waals surface area contributed by atoms with Crippen LogP contribution >= 0.6 is 11.3 Å². The molecule has 0 saturated carbocycles. The first-order chi connectivity index (χ1) is 12.8. The van der Waals surface area contributed by atoms with Gasteiger partial charge < -0.3 is 4.74 Å². The van der Waals surface area contributed by atoms with Crippen molar-refractivity contribution in [2.45, 2.75) is 0 Å². The summed E-state index contributed by atoms with van der Waals surface area (Å²) in [5, 5.41) is 3.34. The van der Waals surface area contributed by atoms with Gasteiger partial charge in [-0.25, -0.2) is 9.97 Å². The van der Waals surface area contributed by atoms with Crippen LogP contribution in [0.5, 0.6) is 5.75 Å². The lowest BCUT2D eigenvalue weighted by atomic mass is 10.2. The van der Waals surface area contributed by atoms with E-state index in [1.165, 1.54) is 11.3 Å². The molecule has 0 radical (unpaired) electrons. The van der Waals surface area contributed by atoms with Gasteiger partial charge >= 0.3 is 0 Å². The summed E-state index contributed by atoms with van der Waals surface area (Å²) in [7, 11) is 1.61. The highest BCUT2D eigenvalue weighted by molar-refractivity contribution is 7.10. The first-order valence-corrected chi connectivity index (χ1v) is 8.88. The molecule has 0 fully saturated rings. The van der Waals surface area contributed by atoms with E-state index in [2.05, 4.69) is 9.97 Å². The van der Waals surface area contributed by atoms with Gasteiger partial charge in [0.05, 0.1) is 23.7 Å². The predicted molar refractivity (Wildman–Crippen MR) is 105 cm³/mol. The number of nitrogens with zero attached hydrogens (tertiary/aromatic N) is 3. The zero-order valence-electron chi connectivity index (χ0n) is 14.0. The summed E-state index contributed by atoms with van der Waals surface area (Å²) < 4.78 is 6.81. The molecule has 128 valence electrons. The summed E-state index contributed by atoms with van der Waals surface area (Å²) in [6.45, 7) is 0. The average Bonchev–Trinajstić information content (AvgIpc) is 3.20. The van der Waals surface area contributed by atoms with Crippen molar-refractivity contribution in [1.82, 2.24) is 14.5 Å². The summed E-state index contributed by atoms with van der Waals surface area (Å²) in [6.07, 6.45) is 5.42. The number of methoxy groups -OCH3 is 1. The summed E-state index contributed by atoms with van der Waals surface area (Å²) in [4.78, 5) is 22.0. The van der Waals surface area contributed by atoms with E-state index in [1.54, 1.807) is 23.9 Å². The molecule has 0 amide bonds. The maximum Gasteiger partial charge on any atom is 0.266 e. The average molecular weight is 361 g/mol. The van der Waals surface area contributed by atoms with E-state index in [4.69, 9.17) is 4.74 Å². The lowest BCUT2D eigenvalue weighted by Gasteiger charge is -2.12. The molecule has 0 bridgehead atoms. The smallest absolute Gasteiger partial charge is 0.266 e. The largest absolute Gasteiger partial charge is 0.497 e. The third-order valence-corrected chi connectivity index (χ3v) is 4.70. The molecule has 2 aromatic heterocycles. The Morgan fingerprint density at radius 1 is 1.08 bits per heavy atom. The molecule has 5 nitrogen and oxygen atoms in total. The molecule has 0 spiro atoms. The molecule has 0 aliphatic carbocycles. The first-order valence-electron chi connectivity index (χ1n) is 8.00. The molecule has 4 aromatic rings. The van der Waals surface area contributed by atoms with Crippen molar-refractivity contribution in [1.29, 1.82) is 0 Å². The molecular weight excluding hydrogens is 346 g/mol. The Morgan fingerprint density at radius 2 is 1.88 bits per heavy atom. The minimum absolute atomic E-state index is 0.112. The van der Waals surface area contributed by atoms with Crippen LogP contribution in [0.4, 0.5) is 0 Å². The molecule has 0 N–H and O–H groups in total. The van der Waals surface area contributed by atoms with E-state index in [-0.39, 0.29) is 5.56 Å². The van der Waals surface area contributed by atoms with Gasteiger partial charge in [0.15, 0.2) is 0 Å². The molecule has 4 rings (SSSR count). The lowest BCUT2D eigenvalue weighted by Crippen LogP contribution is -2.22. The predicted octanol–water partition coefficient (Wildman–Crippen LogP) is 4.02. The Bertz CT molecular complexity index is 1130. The minimum Gasteiger partial charge on any atom is -0.497 e. The monoisotopic (exact) mass is 361 g/mol. The van der Waals surface area contributed by atoms with Crippen LogP contribution in [-0.2, 0) is 0 Å². The van der Waals surface area contributed by atoms with Gasteiger partial charge in [0, 0.05) is 11.6 Å². The highest BCUT2D eigenvalue weighted by atomic mass is 32.1. The fraction of sp³-hybridized carbons (Fsp3) is 0.0500. The second-order valence-electron chi connectivity index (χ2n) is 5.53. The van der Waals surface area contributed by atoms with E-state index in [0.717, 1.165) is 16.4 Å². The quantitative estimate of drug-likeness (QED) is 0.551. The van der Waals surface area contributed by atoms with Gasteiger partial charge in [-0.15, -0.1) is 11.3 Å². The van der Waals surface area contributed by atoms with Gasteiger partial charge in [-0.05, 0) is 48.6 Å². The van der Waals surface area contributed by atoms with Gasteiger partial charge in [-0.2, -0.15) is 0 Å². The number of para-hydroxylation sites is 1. The molecule has 26 heavy (non-hydrogen) atoms. The van der Waals surface area contributed by atoms with Crippen LogP contribution in [-0.4, -0.2) is 21.6 Å². The van der Waals surface area contributed by atoms with Crippen LogP contribution in [0.2, 0.25) is 0 Å². The van der Waals surface area contributed by atoms with Crippen molar-refractivity contribution in [3.05, 3.63) is 81.3 Å². The van der Waals surface area contributed by atoms with Crippen LogP contribution in [0.25, 0.3) is 28.7 Å². The van der Waals surface area contributed by atoms with Crippen LogP contribution < -0.4 is 10.3 Å². The van der Waals surface area contributed by atoms with Crippen molar-refractivity contribution >= 4 is 34.4 Å². The van der Waals surface area contributed by atoms with Gasteiger partial charge in [0.2, 0.25) is 0 Å². The summed E-state index contributed by atoms with van der Waals surface area (Å²) in [6, 6.07) is 14.7. The molecule has 0 aliphatic heterocycles. The normalized spacial score (nSPS) is 11.3. The number of aromatic nitrogens is 3. The Kier molecular flexibility index (Phi) is 4.33. The SMILES string of the molecule is COc1ccc(-n2c(/C=C/c3nccs3)nc3ccccc3c2=O)cc1. The van der Waals surface area contributed by atoms with Crippen molar-refractivity contribution < 1.29 is 4.74 Å². The fourth-order valence-corrected chi connectivity index (χ4v) is 3.23. The standard InChI is InChI=1S/C20H15N3O2S/c1-25-15-8-6-14(7-9-15)23-18(10-11-19-21-12-13-26-19)22-17-5-3-2-4-16(17)20(23)24/h2-13H,1H3/b11-10+. The van der Waals surface area contributed by atoms with E-state index in [1.807, 2.05) is 60.0 Å². The Hall–Kier alpha value is -3.25. The number of fused-ring (bicyclic) bond motifs is 1. The highest BCUT2D eigenvalue weighted by Crippen LogP contribution is 2.18. The number of thiazole rings is 1. The van der Waals surface area contributed by atoms with E-state index in [0.29, 0.717) is 16.7 Å². The lowest BCUT2D eigenvalue weighted by molar-refractivity contribution is 0.414. The first kappa shape index (κ1) is 16.2. The number of hydrogen-bond acceptors (Lipinski definition) is 5. The third-order valence-electron chi connectivity index (χ3n) is 3.96. The maximum absolute atomic E-state index is 13.1. The number of ether oxygens (including phenoxy) is 1. The molecule has 0 saturated heterocycles. The van der Waals surface area contributed by atoms with E-state index in [9.17, 15) is 4.79 Å². The topological polar surface area (TPSA) is 57.0 Å². The van der Waals surface area contributed by atoms with Crippen LogP contribution in [0, 0.1) is 0 Å². The molecule has 0 atom stereocenters.